The monoisotopic (exact) mass is 359 g/mol. The summed E-state index contributed by atoms with van der Waals surface area (Å²) in [5, 5.41) is 3.87. The Labute approximate surface area is 152 Å². The second-order valence-electron chi connectivity index (χ2n) is 5.64. The Morgan fingerprint density at radius 1 is 1.16 bits per heavy atom. The van der Waals surface area contributed by atoms with E-state index in [-0.39, 0.29) is 6.10 Å². The van der Waals surface area contributed by atoms with E-state index in [0.717, 1.165) is 36.7 Å². The Morgan fingerprint density at radius 3 is 2.64 bits per heavy atom. The molecular weight excluding hydrogens is 338 g/mol. The number of para-hydroxylation sites is 2. The van der Waals surface area contributed by atoms with Crippen molar-refractivity contribution in [3.8, 4) is 17.4 Å². The van der Waals surface area contributed by atoms with Gasteiger partial charge >= 0.3 is 0 Å². The zero-order valence-corrected chi connectivity index (χ0v) is 15.1. The number of pyridine rings is 1. The Bertz CT molecular complexity index is 724. The summed E-state index contributed by atoms with van der Waals surface area (Å²) in [7, 11) is 3.23. The lowest BCUT2D eigenvalue weighted by molar-refractivity contribution is 0.205. The Balaban J connectivity index is 1.55. The Morgan fingerprint density at radius 2 is 1.96 bits per heavy atom. The number of methoxy groups -OCH3 is 2. The summed E-state index contributed by atoms with van der Waals surface area (Å²) in [4.78, 5) is 6.26. The van der Waals surface area contributed by atoms with Gasteiger partial charge in [-0.3, -0.25) is 0 Å². The predicted octanol–water partition coefficient (Wildman–Crippen LogP) is 2.95. The molecule has 1 N–H and O–H groups in total. The molecule has 0 bridgehead atoms. The number of hydrogen-bond donors (Lipinski definition) is 1. The van der Waals surface area contributed by atoms with Crippen LogP contribution in [0.25, 0.3) is 0 Å². The maximum atomic E-state index is 6.08. The molecule has 0 spiro atoms. The van der Waals surface area contributed by atoms with E-state index in [1.54, 1.807) is 26.5 Å². The summed E-state index contributed by atoms with van der Waals surface area (Å²) >= 11 is 5.50. The zero-order chi connectivity index (χ0) is 17.6. The zero-order valence-electron chi connectivity index (χ0n) is 14.3. The molecule has 1 saturated heterocycles. The number of benzene rings is 1. The van der Waals surface area contributed by atoms with Gasteiger partial charge in [0.25, 0.3) is 0 Å². The van der Waals surface area contributed by atoms with Crippen molar-refractivity contribution in [3.05, 3.63) is 42.6 Å². The van der Waals surface area contributed by atoms with E-state index in [4.69, 9.17) is 26.4 Å². The maximum Gasteiger partial charge on any atom is 0.213 e. The van der Waals surface area contributed by atoms with Crippen LogP contribution in [0.3, 0.4) is 0 Å². The summed E-state index contributed by atoms with van der Waals surface area (Å²) in [5.74, 6) is 2.07. The molecule has 2 aromatic rings. The molecule has 132 valence electrons. The van der Waals surface area contributed by atoms with Crippen LogP contribution in [-0.4, -0.2) is 48.4 Å². The maximum absolute atomic E-state index is 6.08. The van der Waals surface area contributed by atoms with Crippen LogP contribution in [0, 0.1) is 0 Å². The third-order valence-corrected chi connectivity index (χ3v) is 4.35. The molecule has 1 aliphatic heterocycles. The fourth-order valence-corrected chi connectivity index (χ4v) is 2.97. The highest BCUT2D eigenvalue weighted by atomic mass is 32.1. The molecule has 0 saturated carbocycles. The van der Waals surface area contributed by atoms with Crippen LogP contribution in [0.5, 0.6) is 17.4 Å². The highest BCUT2D eigenvalue weighted by Gasteiger charge is 2.26. The lowest BCUT2D eigenvalue weighted by atomic mass is 10.3. The lowest BCUT2D eigenvalue weighted by Crippen LogP contribution is -2.34. The molecule has 1 atom stereocenters. The minimum Gasteiger partial charge on any atom is -0.493 e. The van der Waals surface area contributed by atoms with Gasteiger partial charge in [0.1, 0.15) is 6.10 Å². The number of aromatic nitrogens is 1. The minimum atomic E-state index is 0.0741. The van der Waals surface area contributed by atoms with Gasteiger partial charge in [0.2, 0.25) is 5.88 Å². The number of thiocarbonyl (C=S) groups is 1. The molecule has 25 heavy (non-hydrogen) atoms. The molecule has 1 aromatic carbocycles. The van der Waals surface area contributed by atoms with E-state index in [2.05, 4.69) is 15.2 Å². The third-order valence-electron chi connectivity index (χ3n) is 3.99. The van der Waals surface area contributed by atoms with Gasteiger partial charge in [-0.15, -0.1) is 0 Å². The van der Waals surface area contributed by atoms with Crippen molar-refractivity contribution in [2.24, 2.45) is 0 Å². The average Bonchev–Trinajstić information content (AvgIpc) is 3.11. The normalized spacial score (nSPS) is 16.4. The van der Waals surface area contributed by atoms with Crippen LogP contribution in [0.1, 0.15) is 6.42 Å². The Kier molecular flexibility index (Phi) is 5.55. The predicted molar refractivity (Wildman–Crippen MR) is 101 cm³/mol. The second kappa shape index (κ2) is 8.02. The van der Waals surface area contributed by atoms with E-state index in [0.29, 0.717) is 11.0 Å². The van der Waals surface area contributed by atoms with Crippen molar-refractivity contribution in [1.82, 2.24) is 9.88 Å². The van der Waals surface area contributed by atoms with Crippen LogP contribution in [0.15, 0.2) is 42.6 Å². The highest BCUT2D eigenvalue weighted by Crippen LogP contribution is 2.28. The van der Waals surface area contributed by atoms with Crippen molar-refractivity contribution in [3.63, 3.8) is 0 Å². The summed E-state index contributed by atoms with van der Waals surface area (Å²) in [6.07, 6.45) is 2.68. The average molecular weight is 359 g/mol. The van der Waals surface area contributed by atoms with Crippen LogP contribution >= 0.6 is 12.2 Å². The van der Waals surface area contributed by atoms with E-state index in [1.165, 1.54) is 0 Å². The molecule has 7 heteroatoms. The van der Waals surface area contributed by atoms with Crippen molar-refractivity contribution in [2.45, 2.75) is 12.5 Å². The molecule has 0 radical (unpaired) electrons. The molecule has 1 aromatic heterocycles. The third kappa shape index (κ3) is 4.30. The fraction of sp³-hybridized carbons (Fsp3) is 0.333. The SMILES string of the molecule is COc1ccc(NC(=S)N2CC[C@H](Oc3ccccc3OC)C2)cn1. The van der Waals surface area contributed by atoms with E-state index in [1.807, 2.05) is 30.3 Å². The summed E-state index contributed by atoms with van der Waals surface area (Å²) in [5.41, 5.74) is 0.833. The quantitative estimate of drug-likeness (QED) is 0.824. The number of hydrogen-bond acceptors (Lipinski definition) is 5. The molecule has 6 nitrogen and oxygen atoms in total. The summed E-state index contributed by atoms with van der Waals surface area (Å²) in [6.45, 7) is 1.57. The molecule has 1 fully saturated rings. The van der Waals surface area contributed by atoms with E-state index < -0.39 is 0 Å². The van der Waals surface area contributed by atoms with Crippen molar-refractivity contribution < 1.29 is 14.2 Å². The minimum absolute atomic E-state index is 0.0741. The number of anilines is 1. The van der Waals surface area contributed by atoms with Gasteiger partial charge in [-0.1, -0.05) is 12.1 Å². The topological polar surface area (TPSA) is 55.9 Å². The van der Waals surface area contributed by atoms with E-state index in [9.17, 15) is 0 Å². The van der Waals surface area contributed by atoms with Gasteiger partial charge in [0, 0.05) is 19.0 Å². The van der Waals surface area contributed by atoms with Crippen molar-refractivity contribution >= 4 is 23.0 Å². The molecule has 3 rings (SSSR count). The highest BCUT2D eigenvalue weighted by molar-refractivity contribution is 7.80. The standard InChI is InChI=1S/C18H21N3O3S/c1-22-15-5-3-4-6-16(15)24-14-9-10-21(12-14)18(25)20-13-7-8-17(23-2)19-11-13/h3-8,11,14H,9-10,12H2,1-2H3,(H,20,25)/t14-/m0/s1. The first-order chi connectivity index (χ1) is 12.2. The van der Waals surface area contributed by atoms with Crippen molar-refractivity contribution in [1.29, 1.82) is 0 Å². The second-order valence-corrected chi connectivity index (χ2v) is 6.03. The van der Waals surface area contributed by atoms with Gasteiger partial charge in [-0.05, 0) is 30.4 Å². The van der Waals surface area contributed by atoms with Crippen LogP contribution in [0.4, 0.5) is 5.69 Å². The molecule has 1 aliphatic rings. The first-order valence-corrected chi connectivity index (χ1v) is 8.46. The smallest absolute Gasteiger partial charge is 0.213 e. The van der Waals surface area contributed by atoms with Gasteiger partial charge in [-0.25, -0.2) is 4.98 Å². The molecule has 0 unspecified atom stereocenters. The molecule has 0 amide bonds. The van der Waals surface area contributed by atoms with Crippen molar-refractivity contribution in [2.75, 3.05) is 32.6 Å². The Hall–Kier alpha value is -2.54. The largest absolute Gasteiger partial charge is 0.493 e. The van der Waals surface area contributed by atoms with Gasteiger partial charge in [-0.2, -0.15) is 0 Å². The number of likely N-dealkylation sites (tertiary alicyclic amines) is 1. The first kappa shape index (κ1) is 17.3. The van der Waals surface area contributed by atoms with Gasteiger partial charge in [0.05, 0.1) is 32.6 Å². The summed E-state index contributed by atoms with van der Waals surface area (Å²) < 4.78 is 16.5. The molecule has 0 aliphatic carbocycles. The van der Waals surface area contributed by atoms with Crippen LogP contribution in [0.2, 0.25) is 0 Å². The van der Waals surface area contributed by atoms with Gasteiger partial charge < -0.3 is 24.4 Å². The number of nitrogens with one attached hydrogen (secondary N) is 1. The van der Waals surface area contributed by atoms with E-state index >= 15 is 0 Å². The number of nitrogens with zero attached hydrogens (tertiary/aromatic N) is 2. The molecule has 2 heterocycles. The first-order valence-electron chi connectivity index (χ1n) is 8.05. The lowest BCUT2D eigenvalue weighted by Gasteiger charge is -2.21. The molecular formula is C18H21N3O3S. The summed E-state index contributed by atoms with van der Waals surface area (Å²) in [6, 6.07) is 11.4. The number of ether oxygens (including phenoxy) is 3. The van der Waals surface area contributed by atoms with Gasteiger partial charge in [0.15, 0.2) is 16.6 Å². The van der Waals surface area contributed by atoms with Crippen LogP contribution < -0.4 is 19.5 Å². The van der Waals surface area contributed by atoms with Crippen LogP contribution in [-0.2, 0) is 0 Å². The fourth-order valence-electron chi connectivity index (χ4n) is 2.68. The number of rotatable bonds is 5.